The number of H-pyrrole nitrogens is 1. The van der Waals surface area contributed by atoms with Crippen molar-refractivity contribution in [2.45, 2.75) is 24.9 Å². The van der Waals surface area contributed by atoms with Gasteiger partial charge in [0, 0.05) is 6.42 Å². The Kier molecular flexibility index (Phi) is 12.7. The van der Waals surface area contributed by atoms with Crippen LogP contribution in [-0.4, -0.2) is 68.9 Å². The molecule has 1 aliphatic rings. The molecule has 0 amide bonds. The molecule has 24 heteroatoms. The molecule has 0 saturated carbocycles. The highest BCUT2D eigenvalue weighted by Gasteiger charge is 2.41. The molecule has 1 saturated heterocycles. The van der Waals surface area contributed by atoms with E-state index in [1.54, 1.807) is 0 Å². The van der Waals surface area contributed by atoms with Crippen molar-refractivity contribution in [1.29, 1.82) is 0 Å². The molecule has 1 aliphatic heterocycles. The number of imidazole rings is 1. The van der Waals surface area contributed by atoms with E-state index in [2.05, 4.69) is 23.8 Å². The Labute approximate surface area is 196 Å². The van der Waals surface area contributed by atoms with Gasteiger partial charge in [-0.25, -0.2) is 13.9 Å². The molecule has 0 spiro atoms. The first kappa shape index (κ1) is 35.5. The predicted molar refractivity (Wildman–Crippen MR) is 121 cm³/mol. The molecule has 35 heavy (non-hydrogen) atoms. The molecular formula is C11H30N9O12P3. The van der Waals surface area contributed by atoms with E-state index in [9.17, 15) is 33.4 Å². The van der Waals surface area contributed by atoms with Crippen molar-refractivity contribution < 1.29 is 51.9 Å². The number of hydrogen-bond donors (Lipinski definition) is 11. The minimum absolute atomic E-state index is 0. The summed E-state index contributed by atoms with van der Waals surface area (Å²) >= 11 is 0. The molecule has 2 aromatic heterocycles. The van der Waals surface area contributed by atoms with Crippen LogP contribution >= 0.6 is 23.0 Å². The number of hydrogen-bond acceptors (Lipinski definition) is 15. The molecule has 3 rings (SSSR count). The largest absolute Gasteiger partial charge is 0.476 e. The summed E-state index contributed by atoms with van der Waals surface area (Å²) in [5, 5.41) is 10.2. The number of nitrogens with one attached hydrogen (secondary N) is 1. The van der Waals surface area contributed by atoms with Gasteiger partial charge in [0.1, 0.15) is 12.3 Å². The number of rotatable bonds is 8. The number of anilines is 1. The summed E-state index contributed by atoms with van der Waals surface area (Å²) in [5.41, 5.74) is 4.96. The number of fused-ring (bicyclic) bond motifs is 1. The third-order valence-corrected chi connectivity index (χ3v) is 9.28. The molecule has 2 aromatic rings. The van der Waals surface area contributed by atoms with Crippen LogP contribution in [0, 0.1) is 0 Å². The van der Waals surface area contributed by atoms with Gasteiger partial charge < -0.3 is 64.3 Å². The first-order chi connectivity index (χ1) is 14.2. The maximum absolute atomic E-state index is 12.0. The van der Waals surface area contributed by atoms with E-state index in [0.717, 1.165) is 0 Å². The maximum atomic E-state index is 12.0. The highest BCUT2D eigenvalue weighted by molar-refractivity contribution is 7.74. The fourth-order valence-corrected chi connectivity index (χ4v) is 7.35. The molecule has 1 fully saturated rings. The number of aliphatic hydroxyl groups is 1. The van der Waals surface area contributed by atoms with Crippen molar-refractivity contribution in [3.8, 4) is 0 Å². The van der Waals surface area contributed by atoms with E-state index in [1.807, 2.05) is 0 Å². The summed E-state index contributed by atoms with van der Waals surface area (Å²) < 4.78 is 49.4. The lowest BCUT2D eigenvalue weighted by atomic mass is 10.2. The first-order valence-electron chi connectivity index (χ1n) is 8.27. The first-order valence-corrected chi connectivity index (χ1v) is 13.3. The van der Waals surface area contributed by atoms with Crippen LogP contribution in [0.3, 0.4) is 0 Å². The molecule has 3 heterocycles. The normalized spacial score (nSPS) is 23.1. The molecule has 5 atom stereocenters. The Bertz CT molecular complexity index is 1180. The van der Waals surface area contributed by atoms with Crippen molar-refractivity contribution in [3.05, 3.63) is 16.7 Å². The molecule has 0 radical (unpaired) electrons. The molecule has 0 bridgehead atoms. The van der Waals surface area contributed by atoms with E-state index in [-0.39, 0.29) is 48.1 Å². The van der Waals surface area contributed by atoms with E-state index >= 15 is 0 Å². The maximum Gasteiger partial charge on any atom is 0.476 e. The summed E-state index contributed by atoms with van der Waals surface area (Å²) in [6.07, 6.45) is -2.12. The quantitative estimate of drug-likeness (QED) is 0.176. The third-order valence-electron chi connectivity index (χ3n) is 4.00. The molecule has 0 aromatic carbocycles. The van der Waals surface area contributed by atoms with Crippen LogP contribution in [0.2, 0.25) is 0 Å². The number of aliphatic hydroxyl groups excluding tert-OH is 1. The van der Waals surface area contributed by atoms with Crippen molar-refractivity contribution in [3.63, 3.8) is 0 Å². The Balaban J connectivity index is 0. The van der Waals surface area contributed by atoms with Gasteiger partial charge in [-0.05, 0) is 0 Å². The molecule has 20 N–H and O–H groups in total. The monoisotopic (exact) mass is 573 g/mol. The summed E-state index contributed by atoms with van der Waals surface area (Å²) in [6, 6.07) is 0. The Hall–Kier alpha value is -1.64. The zero-order valence-corrected chi connectivity index (χ0v) is 20.8. The highest BCUT2D eigenvalue weighted by atomic mass is 31.3. The molecule has 2 unspecified atom stereocenters. The number of phosphoric acid groups is 1. The molecule has 21 nitrogen and oxygen atoms in total. The lowest BCUT2D eigenvalue weighted by molar-refractivity contribution is -0.0395. The van der Waals surface area contributed by atoms with Gasteiger partial charge in [0.25, 0.3) is 5.56 Å². The fraction of sp³-hybridized carbons (Fsp3) is 0.545. The minimum atomic E-state index is -5.40. The average Bonchev–Trinajstić information content (AvgIpc) is 3.13. The number of nitrogens with zero attached hydrogens (tertiary/aromatic N) is 3. The van der Waals surface area contributed by atoms with Gasteiger partial charge in [-0.15, -0.1) is 0 Å². The molecule has 206 valence electrons. The number of ether oxygens (including phenoxy) is 1. The topological polar surface area (TPSA) is 410 Å². The third kappa shape index (κ3) is 9.07. The van der Waals surface area contributed by atoms with Crippen molar-refractivity contribution in [1.82, 2.24) is 44.1 Å². The molecular weight excluding hydrogens is 543 g/mol. The number of aromatic amines is 1. The SMILES string of the molecule is N.N.N.N.Nc1nc2c(ncn2[C@H]2C[C@H](O)[C@@H](COP(=O)(O)CP(=O)(O)OP(=O)(O)O)O2)c(=O)[nH]1. The van der Waals surface area contributed by atoms with Gasteiger partial charge >= 0.3 is 23.0 Å². The van der Waals surface area contributed by atoms with Crippen LogP contribution in [0.25, 0.3) is 11.2 Å². The van der Waals surface area contributed by atoms with Crippen LogP contribution in [0.1, 0.15) is 12.6 Å². The fourth-order valence-electron chi connectivity index (χ4n) is 2.84. The van der Waals surface area contributed by atoms with Crippen LogP contribution in [0.4, 0.5) is 5.95 Å². The van der Waals surface area contributed by atoms with Gasteiger partial charge in [-0.3, -0.25) is 23.5 Å². The van der Waals surface area contributed by atoms with Gasteiger partial charge in [0.2, 0.25) is 5.95 Å². The lowest BCUT2D eigenvalue weighted by Crippen LogP contribution is -2.26. The predicted octanol–water partition coefficient (Wildman–Crippen LogP) is -0.548. The average molecular weight is 573 g/mol. The van der Waals surface area contributed by atoms with Crippen LogP contribution in [-0.2, 0) is 27.3 Å². The van der Waals surface area contributed by atoms with Gasteiger partial charge in [0.15, 0.2) is 17.1 Å². The van der Waals surface area contributed by atoms with Gasteiger partial charge in [-0.1, -0.05) is 0 Å². The summed E-state index contributed by atoms with van der Waals surface area (Å²) in [4.78, 5) is 58.1. The van der Waals surface area contributed by atoms with E-state index in [0.29, 0.717) is 0 Å². The van der Waals surface area contributed by atoms with Crippen LogP contribution in [0.15, 0.2) is 11.1 Å². The molecule has 0 aliphatic carbocycles. The van der Waals surface area contributed by atoms with E-state index in [4.69, 9.17) is 20.3 Å². The minimum Gasteiger partial charge on any atom is -0.390 e. The zero-order chi connectivity index (χ0) is 23.2. The van der Waals surface area contributed by atoms with Crippen molar-refractivity contribution in [2.75, 3.05) is 18.2 Å². The second-order valence-corrected chi connectivity index (χ2v) is 12.1. The Morgan fingerprint density at radius 1 is 1.14 bits per heavy atom. The van der Waals surface area contributed by atoms with Crippen molar-refractivity contribution in [2.24, 2.45) is 0 Å². The van der Waals surface area contributed by atoms with Gasteiger partial charge in [0.05, 0.1) is 19.0 Å². The second-order valence-electron chi connectivity index (χ2n) is 6.49. The summed E-state index contributed by atoms with van der Waals surface area (Å²) in [7, 11) is -15.4. The number of nitrogens with two attached hydrogens (primary N) is 1. The van der Waals surface area contributed by atoms with Crippen LogP contribution in [0.5, 0.6) is 0 Å². The second kappa shape index (κ2) is 12.5. The van der Waals surface area contributed by atoms with Crippen molar-refractivity contribution >= 4 is 40.1 Å². The standard InChI is InChI=1S/C11H18N5O12P3.4H3N/c12-11-14-9-8(10(18)15-11)13-3-16(9)7-1-5(17)6(27-7)2-26-29(19,20)4-30(21,22)28-31(23,24)25;;;;/h3,5-7,17H,1-2,4H2,(H,19,20)(H,21,22)(H2,23,24,25)(H3,12,14,15,18);4*1H3/t5-,6+,7+;;;;/m0..../s1. The van der Waals surface area contributed by atoms with E-state index in [1.165, 1.54) is 10.9 Å². The summed E-state index contributed by atoms with van der Waals surface area (Å²) in [6.45, 7) is -0.718. The lowest BCUT2D eigenvalue weighted by Gasteiger charge is -2.20. The number of nitrogen functional groups attached to an aromatic ring is 1. The van der Waals surface area contributed by atoms with Crippen LogP contribution < -0.4 is 35.9 Å². The van der Waals surface area contributed by atoms with Gasteiger partial charge in [-0.2, -0.15) is 4.98 Å². The summed E-state index contributed by atoms with van der Waals surface area (Å²) in [5.74, 6) is -1.78. The smallest absolute Gasteiger partial charge is 0.390 e. The Morgan fingerprint density at radius 2 is 1.74 bits per heavy atom. The highest BCUT2D eigenvalue weighted by Crippen LogP contribution is 2.64. The number of aromatic nitrogens is 4. The Morgan fingerprint density at radius 3 is 2.31 bits per heavy atom. The zero-order valence-electron chi connectivity index (χ0n) is 18.1. The van der Waals surface area contributed by atoms with E-state index < -0.39 is 59.5 Å².